The Hall–Kier alpha value is -2.49. The molecule has 0 amide bonds. The number of hydrogen-bond donors (Lipinski definition) is 2. The number of nitrogens with zero attached hydrogens (tertiary/aromatic N) is 1. The summed E-state index contributed by atoms with van der Waals surface area (Å²) in [4.78, 5) is 0. The Morgan fingerprint density at radius 1 is 0.963 bits per heavy atom. The highest BCUT2D eigenvalue weighted by atomic mass is 16.5. The van der Waals surface area contributed by atoms with E-state index in [1.54, 1.807) is 7.11 Å². The van der Waals surface area contributed by atoms with E-state index < -0.39 is 0 Å². The van der Waals surface area contributed by atoms with Crippen LogP contribution in [0.3, 0.4) is 0 Å². The summed E-state index contributed by atoms with van der Waals surface area (Å²) in [7, 11) is 1.55. The summed E-state index contributed by atoms with van der Waals surface area (Å²) in [5.41, 5.74) is 6.56. The van der Waals surface area contributed by atoms with E-state index in [-0.39, 0.29) is 16.6 Å². The monoisotopic (exact) mass is 367 g/mol. The maximum atomic E-state index is 10.4. The number of methoxy groups -OCH3 is 1. The smallest absolute Gasteiger partial charge is 0.168 e. The van der Waals surface area contributed by atoms with Gasteiger partial charge in [0.15, 0.2) is 11.5 Å². The summed E-state index contributed by atoms with van der Waals surface area (Å²) < 4.78 is 5.50. The molecule has 0 heterocycles. The van der Waals surface area contributed by atoms with Crippen molar-refractivity contribution in [1.29, 1.82) is 0 Å². The van der Waals surface area contributed by atoms with Crippen LogP contribution in [-0.2, 0) is 10.8 Å². The molecular formula is C23H29NO3. The molecule has 2 aromatic carbocycles. The molecule has 0 bridgehead atoms. The fourth-order valence-corrected chi connectivity index (χ4v) is 4.20. The van der Waals surface area contributed by atoms with Gasteiger partial charge in [-0.2, -0.15) is 0 Å². The van der Waals surface area contributed by atoms with E-state index in [1.165, 1.54) is 29.8 Å². The van der Waals surface area contributed by atoms with Gasteiger partial charge in [-0.15, -0.1) is 0 Å². The van der Waals surface area contributed by atoms with Gasteiger partial charge in [-0.1, -0.05) is 38.9 Å². The van der Waals surface area contributed by atoms with Crippen molar-refractivity contribution in [2.75, 3.05) is 7.11 Å². The van der Waals surface area contributed by atoms with Crippen LogP contribution in [0.25, 0.3) is 11.1 Å². The second kappa shape index (κ2) is 6.59. The highest BCUT2D eigenvalue weighted by Crippen LogP contribution is 2.49. The number of hydrogen-bond acceptors (Lipinski definition) is 4. The lowest BCUT2D eigenvalue weighted by Crippen LogP contribution is -2.34. The van der Waals surface area contributed by atoms with Gasteiger partial charge in [0.05, 0.1) is 13.3 Å². The zero-order valence-corrected chi connectivity index (χ0v) is 17.1. The topological polar surface area (TPSA) is 62.0 Å². The van der Waals surface area contributed by atoms with E-state index in [0.29, 0.717) is 11.3 Å². The molecule has 2 aromatic rings. The fraction of sp³-hybridized carbons (Fsp3) is 0.435. The van der Waals surface area contributed by atoms with E-state index in [0.717, 1.165) is 23.1 Å². The molecule has 27 heavy (non-hydrogen) atoms. The molecule has 3 rings (SSSR count). The van der Waals surface area contributed by atoms with Gasteiger partial charge in [0.25, 0.3) is 0 Å². The molecule has 0 saturated carbocycles. The summed E-state index contributed by atoms with van der Waals surface area (Å²) in [6, 6.07) is 7.95. The molecule has 0 unspecified atom stereocenters. The van der Waals surface area contributed by atoms with Gasteiger partial charge < -0.3 is 15.1 Å². The first-order valence-electron chi connectivity index (χ1n) is 9.35. The number of aromatic hydroxyl groups is 1. The molecular weight excluding hydrogens is 338 g/mol. The first-order valence-corrected chi connectivity index (χ1v) is 9.35. The van der Waals surface area contributed by atoms with Crippen LogP contribution in [0.1, 0.15) is 62.8 Å². The standard InChI is InChI=1S/C23H29NO3/c1-14-9-18-19(23(4,5)8-7-22(18,2)3)12-16(14)17-10-15(13-24-26)11-20(25)21(17)27-6/h9-13,25-26H,7-8H2,1-6H3/b24-13+. The lowest BCUT2D eigenvalue weighted by atomic mass is 9.62. The number of aryl methyl sites for hydroxylation is 1. The van der Waals surface area contributed by atoms with Crippen LogP contribution in [0.5, 0.6) is 11.5 Å². The molecule has 4 heteroatoms. The van der Waals surface area contributed by atoms with Crippen molar-refractivity contribution >= 4 is 6.21 Å². The molecule has 0 aromatic heterocycles. The van der Waals surface area contributed by atoms with Crippen LogP contribution in [0.2, 0.25) is 0 Å². The first-order chi connectivity index (χ1) is 12.6. The Balaban J connectivity index is 2.31. The molecule has 0 radical (unpaired) electrons. The Morgan fingerprint density at radius 3 is 2.11 bits per heavy atom. The second-order valence-corrected chi connectivity index (χ2v) is 8.85. The second-order valence-electron chi connectivity index (χ2n) is 8.85. The quantitative estimate of drug-likeness (QED) is 0.426. The number of ether oxygens (including phenoxy) is 1. The number of phenolic OH excluding ortho intramolecular Hbond substituents is 1. The predicted octanol–water partition coefficient (Wildman–Crippen LogP) is 5.53. The number of fused-ring (bicyclic) bond motifs is 1. The zero-order valence-electron chi connectivity index (χ0n) is 17.1. The van der Waals surface area contributed by atoms with Gasteiger partial charge in [0.1, 0.15) is 0 Å². The molecule has 144 valence electrons. The summed E-state index contributed by atoms with van der Waals surface area (Å²) in [5, 5.41) is 22.4. The average Bonchev–Trinajstić information content (AvgIpc) is 2.59. The third-order valence-electron chi connectivity index (χ3n) is 5.99. The van der Waals surface area contributed by atoms with Crippen molar-refractivity contribution in [3.8, 4) is 22.6 Å². The Kier molecular flexibility index (Phi) is 4.71. The normalized spacial score (nSPS) is 17.7. The minimum atomic E-state index is 0.0293. The molecule has 0 spiro atoms. The van der Waals surface area contributed by atoms with E-state index in [4.69, 9.17) is 9.94 Å². The lowest BCUT2D eigenvalue weighted by molar-refractivity contribution is 0.322. The maximum absolute atomic E-state index is 10.4. The van der Waals surface area contributed by atoms with Crippen LogP contribution < -0.4 is 4.74 Å². The fourth-order valence-electron chi connectivity index (χ4n) is 4.20. The average molecular weight is 367 g/mol. The largest absolute Gasteiger partial charge is 0.504 e. The van der Waals surface area contributed by atoms with Gasteiger partial charge in [-0.3, -0.25) is 0 Å². The summed E-state index contributed by atoms with van der Waals surface area (Å²) in [6.07, 6.45) is 3.61. The van der Waals surface area contributed by atoms with Gasteiger partial charge >= 0.3 is 0 Å². The Bertz CT molecular complexity index is 910. The number of phenols is 1. The molecule has 1 aliphatic rings. The molecule has 0 fully saturated rings. The molecule has 0 aliphatic heterocycles. The van der Waals surface area contributed by atoms with Gasteiger partial charge in [-0.25, -0.2) is 0 Å². The van der Waals surface area contributed by atoms with E-state index in [2.05, 4.69) is 51.9 Å². The number of benzene rings is 2. The van der Waals surface area contributed by atoms with Crippen molar-refractivity contribution in [2.24, 2.45) is 5.16 Å². The maximum Gasteiger partial charge on any atom is 0.168 e. The van der Waals surface area contributed by atoms with Gasteiger partial charge in [-0.05, 0) is 71.0 Å². The van der Waals surface area contributed by atoms with Crippen molar-refractivity contribution in [1.82, 2.24) is 0 Å². The highest BCUT2D eigenvalue weighted by molar-refractivity contribution is 5.87. The molecule has 0 saturated heterocycles. The van der Waals surface area contributed by atoms with Crippen LogP contribution in [0, 0.1) is 6.92 Å². The number of rotatable bonds is 3. The lowest BCUT2D eigenvalue weighted by Gasteiger charge is -2.42. The Morgan fingerprint density at radius 2 is 1.56 bits per heavy atom. The first kappa shape index (κ1) is 19.3. The van der Waals surface area contributed by atoms with Crippen LogP contribution in [0.4, 0.5) is 0 Å². The zero-order chi connectivity index (χ0) is 20.0. The van der Waals surface area contributed by atoms with Crippen molar-refractivity contribution in [2.45, 2.75) is 58.3 Å². The highest BCUT2D eigenvalue weighted by Gasteiger charge is 2.37. The third-order valence-corrected chi connectivity index (χ3v) is 5.99. The summed E-state index contributed by atoms with van der Waals surface area (Å²) in [6.45, 7) is 11.3. The van der Waals surface area contributed by atoms with E-state index >= 15 is 0 Å². The van der Waals surface area contributed by atoms with Crippen molar-refractivity contribution in [3.63, 3.8) is 0 Å². The van der Waals surface area contributed by atoms with Gasteiger partial charge in [0.2, 0.25) is 0 Å². The molecule has 4 nitrogen and oxygen atoms in total. The molecule has 0 atom stereocenters. The number of oxime groups is 1. The van der Waals surface area contributed by atoms with Crippen LogP contribution in [-0.4, -0.2) is 23.6 Å². The molecule has 2 N–H and O–H groups in total. The van der Waals surface area contributed by atoms with E-state index in [9.17, 15) is 5.11 Å². The molecule has 1 aliphatic carbocycles. The predicted molar refractivity (Wildman–Crippen MR) is 109 cm³/mol. The summed E-state index contributed by atoms with van der Waals surface area (Å²) in [5.74, 6) is 0.461. The van der Waals surface area contributed by atoms with Crippen LogP contribution >= 0.6 is 0 Å². The van der Waals surface area contributed by atoms with Crippen LogP contribution in [0.15, 0.2) is 29.4 Å². The SMILES string of the molecule is COc1c(O)cc(/C=N/O)cc1-c1cc2c(cc1C)C(C)(C)CCC2(C)C. The minimum absolute atomic E-state index is 0.0293. The Labute approximate surface area is 161 Å². The minimum Gasteiger partial charge on any atom is -0.504 e. The summed E-state index contributed by atoms with van der Waals surface area (Å²) >= 11 is 0. The van der Waals surface area contributed by atoms with E-state index in [1.807, 2.05) is 6.07 Å². The van der Waals surface area contributed by atoms with Crippen molar-refractivity contribution < 1.29 is 15.1 Å². The van der Waals surface area contributed by atoms with Crippen molar-refractivity contribution in [3.05, 3.63) is 46.5 Å². The van der Waals surface area contributed by atoms with Gasteiger partial charge in [0, 0.05) is 11.1 Å². The third kappa shape index (κ3) is 3.29.